The van der Waals surface area contributed by atoms with Gasteiger partial charge >= 0.3 is 0 Å². The number of nitrogens with zero attached hydrogens (tertiary/aromatic N) is 1. The average molecular weight is 292 g/mol. The minimum absolute atomic E-state index is 0.0301. The van der Waals surface area contributed by atoms with E-state index in [-0.39, 0.29) is 18.6 Å². The summed E-state index contributed by atoms with van der Waals surface area (Å²) in [4.78, 5) is 13.7. The largest absolute Gasteiger partial charge is 0.484 e. The van der Waals surface area contributed by atoms with Crippen LogP contribution in [0.25, 0.3) is 0 Å². The Hall–Kier alpha value is -1.55. The van der Waals surface area contributed by atoms with Gasteiger partial charge in [0.1, 0.15) is 5.75 Å². The number of nitrogens with one attached hydrogen (secondary N) is 1. The van der Waals surface area contributed by atoms with E-state index >= 15 is 0 Å². The molecule has 0 aliphatic heterocycles. The molecule has 0 fully saturated rings. The van der Waals surface area contributed by atoms with Gasteiger partial charge in [-0.05, 0) is 51.4 Å². The summed E-state index contributed by atoms with van der Waals surface area (Å²) in [6.07, 6.45) is 1.11. The zero-order valence-electron chi connectivity index (χ0n) is 13.7. The Morgan fingerprint density at radius 1 is 1.29 bits per heavy atom. The van der Waals surface area contributed by atoms with E-state index in [1.54, 1.807) is 4.90 Å². The van der Waals surface area contributed by atoms with E-state index in [1.807, 2.05) is 32.0 Å². The Morgan fingerprint density at radius 2 is 2.00 bits per heavy atom. The first kappa shape index (κ1) is 17.5. The number of benzene rings is 1. The molecule has 1 aromatic carbocycles. The molecule has 1 N–H and O–H groups in total. The number of carbonyl (C=O) groups excluding carboxylic acids is 1. The lowest BCUT2D eigenvalue weighted by Crippen LogP contribution is -2.34. The molecule has 0 saturated carbocycles. The van der Waals surface area contributed by atoms with Gasteiger partial charge in [-0.15, -0.1) is 0 Å². The van der Waals surface area contributed by atoms with Gasteiger partial charge in [0, 0.05) is 19.1 Å². The number of amides is 1. The van der Waals surface area contributed by atoms with Crippen molar-refractivity contribution >= 4 is 5.91 Å². The van der Waals surface area contributed by atoms with Crippen LogP contribution in [0.2, 0.25) is 0 Å². The summed E-state index contributed by atoms with van der Waals surface area (Å²) in [6.45, 7) is 10.8. The second kappa shape index (κ2) is 9.40. The molecule has 0 spiro atoms. The molecule has 1 amide bonds. The molecule has 4 nitrogen and oxygen atoms in total. The van der Waals surface area contributed by atoms with E-state index < -0.39 is 0 Å². The SMILES string of the molecule is CCCNC(C)c1cccc(OCC(=O)N(CC)CC)c1. The topological polar surface area (TPSA) is 41.6 Å². The minimum atomic E-state index is 0.0301. The lowest BCUT2D eigenvalue weighted by molar-refractivity contribution is -0.132. The van der Waals surface area contributed by atoms with Gasteiger partial charge < -0.3 is 15.0 Å². The molecular weight excluding hydrogens is 264 g/mol. The number of carbonyl (C=O) groups is 1. The molecule has 21 heavy (non-hydrogen) atoms. The molecular formula is C17H28N2O2. The van der Waals surface area contributed by atoms with Crippen molar-refractivity contribution in [2.45, 2.75) is 40.2 Å². The van der Waals surface area contributed by atoms with Crippen LogP contribution in [0.4, 0.5) is 0 Å². The highest BCUT2D eigenvalue weighted by atomic mass is 16.5. The molecule has 1 rings (SSSR count). The van der Waals surface area contributed by atoms with Crippen LogP contribution in [0.5, 0.6) is 5.75 Å². The van der Waals surface area contributed by atoms with Crippen molar-refractivity contribution in [2.24, 2.45) is 0 Å². The predicted molar refractivity (Wildman–Crippen MR) is 86.6 cm³/mol. The van der Waals surface area contributed by atoms with Gasteiger partial charge in [-0.1, -0.05) is 19.1 Å². The van der Waals surface area contributed by atoms with Gasteiger partial charge in [0.25, 0.3) is 5.91 Å². The van der Waals surface area contributed by atoms with Crippen molar-refractivity contribution in [3.8, 4) is 5.75 Å². The highest BCUT2D eigenvalue weighted by molar-refractivity contribution is 5.77. The summed E-state index contributed by atoms with van der Waals surface area (Å²) in [6, 6.07) is 8.23. The highest BCUT2D eigenvalue weighted by Crippen LogP contribution is 2.19. The fourth-order valence-corrected chi connectivity index (χ4v) is 2.17. The Morgan fingerprint density at radius 3 is 2.62 bits per heavy atom. The zero-order valence-corrected chi connectivity index (χ0v) is 13.7. The van der Waals surface area contributed by atoms with E-state index in [0.717, 1.165) is 31.8 Å². The number of ether oxygens (including phenoxy) is 1. The summed E-state index contributed by atoms with van der Waals surface area (Å²) < 4.78 is 5.63. The standard InChI is InChI=1S/C17H28N2O2/c1-5-11-18-14(4)15-9-8-10-16(12-15)21-13-17(20)19(6-2)7-3/h8-10,12,14,18H,5-7,11,13H2,1-4H3. The molecule has 0 saturated heterocycles. The number of hydrogen-bond acceptors (Lipinski definition) is 3. The third-order valence-corrected chi connectivity index (χ3v) is 3.54. The summed E-state index contributed by atoms with van der Waals surface area (Å²) >= 11 is 0. The van der Waals surface area contributed by atoms with Crippen LogP contribution in [0.1, 0.15) is 45.7 Å². The van der Waals surface area contributed by atoms with Gasteiger partial charge in [-0.3, -0.25) is 4.79 Å². The lowest BCUT2D eigenvalue weighted by atomic mass is 10.1. The molecule has 0 aromatic heterocycles. The number of likely N-dealkylation sites (N-methyl/N-ethyl adjacent to an activating group) is 1. The van der Waals surface area contributed by atoms with E-state index in [2.05, 4.69) is 25.2 Å². The molecule has 0 aliphatic rings. The fraction of sp³-hybridized carbons (Fsp3) is 0.588. The second-order valence-corrected chi connectivity index (χ2v) is 5.10. The van der Waals surface area contributed by atoms with Gasteiger partial charge in [-0.2, -0.15) is 0 Å². The summed E-state index contributed by atoms with van der Waals surface area (Å²) in [5, 5.41) is 3.45. The van der Waals surface area contributed by atoms with Crippen molar-refractivity contribution in [1.82, 2.24) is 10.2 Å². The van der Waals surface area contributed by atoms with E-state index in [9.17, 15) is 4.79 Å². The van der Waals surface area contributed by atoms with Crippen molar-refractivity contribution in [3.05, 3.63) is 29.8 Å². The van der Waals surface area contributed by atoms with Crippen LogP contribution >= 0.6 is 0 Å². The number of hydrogen-bond donors (Lipinski definition) is 1. The van der Waals surface area contributed by atoms with Crippen LogP contribution in [0.3, 0.4) is 0 Å². The van der Waals surface area contributed by atoms with Crippen LogP contribution in [-0.2, 0) is 4.79 Å². The van der Waals surface area contributed by atoms with Crippen molar-refractivity contribution < 1.29 is 9.53 Å². The quantitative estimate of drug-likeness (QED) is 0.761. The van der Waals surface area contributed by atoms with Crippen molar-refractivity contribution in [3.63, 3.8) is 0 Å². The van der Waals surface area contributed by atoms with Crippen molar-refractivity contribution in [2.75, 3.05) is 26.2 Å². The molecule has 0 bridgehead atoms. The molecule has 4 heteroatoms. The maximum atomic E-state index is 11.9. The van der Waals surface area contributed by atoms with Crippen molar-refractivity contribution in [1.29, 1.82) is 0 Å². The molecule has 0 heterocycles. The molecule has 0 aliphatic carbocycles. The summed E-state index contributed by atoms with van der Waals surface area (Å²) in [7, 11) is 0. The van der Waals surface area contributed by atoms with E-state index in [4.69, 9.17) is 4.74 Å². The average Bonchev–Trinajstić information content (AvgIpc) is 2.52. The van der Waals surface area contributed by atoms with Crippen LogP contribution < -0.4 is 10.1 Å². The molecule has 1 aromatic rings. The minimum Gasteiger partial charge on any atom is -0.484 e. The van der Waals surface area contributed by atoms with Crippen LogP contribution in [-0.4, -0.2) is 37.0 Å². The first-order valence-electron chi connectivity index (χ1n) is 7.86. The molecule has 1 unspecified atom stereocenters. The Balaban J connectivity index is 2.58. The maximum absolute atomic E-state index is 11.9. The van der Waals surface area contributed by atoms with Gasteiger partial charge in [-0.25, -0.2) is 0 Å². The Labute approximate surface area is 128 Å². The van der Waals surface area contributed by atoms with Gasteiger partial charge in [0.15, 0.2) is 6.61 Å². The van der Waals surface area contributed by atoms with Crippen LogP contribution in [0.15, 0.2) is 24.3 Å². The third kappa shape index (κ3) is 5.76. The maximum Gasteiger partial charge on any atom is 0.260 e. The van der Waals surface area contributed by atoms with E-state index in [0.29, 0.717) is 0 Å². The summed E-state index contributed by atoms with van der Waals surface area (Å²) in [5.41, 5.74) is 1.18. The van der Waals surface area contributed by atoms with E-state index in [1.165, 1.54) is 5.56 Å². The van der Waals surface area contributed by atoms with Gasteiger partial charge in [0.2, 0.25) is 0 Å². The Kier molecular flexibility index (Phi) is 7.83. The molecule has 1 atom stereocenters. The Bertz CT molecular complexity index is 431. The second-order valence-electron chi connectivity index (χ2n) is 5.10. The smallest absolute Gasteiger partial charge is 0.260 e. The highest BCUT2D eigenvalue weighted by Gasteiger charge is 2.11. The molecule has 0 radical (unpaired) electrons. The summed E-state index contributed by atoms with van der Waals surface area (Å²) in [5.74, 6) is 0.778. The first-order valence-corrected chi connectivity index (χ1v) is 7.86. The molecule has 118 valence electrons. The zero-order chi connectivity index (χ0) is 15.7. The van der Waals surface area contributed by atoms with Crippen LogP contribution in [0, 0.1) is 0 Å². The number of rotatable bonds is 9. The predicted octanol–water partition coefficient (Wildman–Crippen LogP) is 2.99. The normalized spacial score (nSPS) is 12.0. The first-order chi connectivity index (χ1) is 10.1. The lowest BCUT2D eigenvalue weighted by Gasteiger charge is -2.19. The monoisotopic (exact) mass is 292 g/mol. The van der Waals surface area contributed by atoms with Gasteiger partial charge in [0.05, 0.1) is 0 Å². The fourth-order valence-electron chi connectivity index (χ4n) is 2.17. The third-order valence-electron chi connectivity index (χ3n) is 3.54.